The highest BCUT2D eigenvalue weighted by molar-refractivity contribution is 7.99. The molecule has 0 spiro atoms. The van der Waals surface area contributed by atoms with Gasteiger partial charge in [0.2, 0.25) is 5.91 Å². The molecule has 0 saturated carbocycles. The number of carbonyl (C=O) groups excluding carboxylic acids is 1. The van der Waals surface area contributed by atoms with Crippen molar-refractivity contribution in [3.63, 3.8) is 0 Å². The molecule has 7 heteroatoms. The predicted octanol–water partition coefficient (Wildman–Crippen LogP) is 3.54. The van der Waals surface area contributed by atoms with E-state index in [0.717, 1.165) is 34.4 Å². The second-order valence-electron chi connectivity index (χ2n) is 5.28. The van der Waals surface area contributed by atoms with Crippen LogP contribution in [0.25, 0.3) is 0 Å². The van der Waals surface area contributed by atoms with Gasteiger partial charge in [0.05, 0.1) is 12.1 Å². The van der Waals surface area contributed by atoms with Gasteiger partial charge in [-0.05, 0) is 36.4 Å². The summed E-state index contributed by atoms with van der Waals surface area (Å²) in [5, 5.41) is 6.52. The van der Waals surface area contributed by atoms with Crippen molar-refractivity contribution in [1.82, 2.24) is 10.3 Å². The number of amides is 1. The summed E-state index contributed by atoms with van der Waals surface area (Å²) in [7, 11) is 0. The van der Waals surface area contributed by atoms with Crippen LogP contribution in [-0.2, 0) is 17.8 Å². The van der Waals surface area contributed by atoms with E-state index in [1.54, 1.807) is 12.1 Å². The number of thioether (sulfide) groups is 1. The summed E-state index contributed by atoms with van der Waals surface area (Å²) in [6, 6.07) is 7.54. The zero-order chi connectivity index (χ0) is 16.1. The molecule has 1 N–H and O–H groups in total. The number of carbonyl (C=O) groups is 1. The van der Waals surface area contributed by atoms with Crippen LogP contribution in [0, 0.1) is 0 Å². The maximum atomic E-state index is 12.0. The maximum absolute atomic E-state index is 12.0. The van der Waals surface area contributed by atoms with E-state index in [0.29, 0.717) is 24.1 Å². The Morgan fingerprint density at radius 2 is 2.22 bits per heavy atom. The first-order valence-electron chi connectivity index (χ1n) is 7.38. The quantitative estimate of drug-likeness (QED) is 0.847. The molecule has 1 atom stereocenters. The highest BCUT2D eigenvalue weighted by Gasteiger charge is 2.18. The average Bonchev–Trinajstić information content (AvgIpc) is 3.19. The van der Waals surface area contributed by atoms with Gasteiger partial charge >= 0.3 is 0 Å². The molecule has 2 aromatic rings. The molecule has 1 amide bonds. The number of hydrogen-bond donors (Lipinski definition) is 1. The number of ether oxygens (including phenoxy) is 1. The summed E-state index contributed by atoms with van der Waals surface area (Å²) in [6.45, 7) is 0.396. The number of aromatic nitrogens is 1. The number of nitrogens with zero attached hydrogens (tertiary/aromatic N) is 1. The highest BCUT2D eigenvalue weighted by Crippen LogP contribution is 2.19. The first-order chi connectivity index (χ1) is 11.2. The van der Waals surface area contributed by atoms with Crippen LogP contribution < -0.4 is 10.1 Å². The van der Waals surface area contributed by atoms with Crippen LogP contribution in [0.1, 0.15) is 17.1 Å². The lowest BCUT2D eigenvalue weighted by molar-refractivity contribution is -0.121. The molecule has 2 heterocycles. The topological polar surface area (TPSA) is 51.2 Å². The normalized spacial score (nSPS) is 17.2. The van der Waals surface area contributed by atoms with Gasteiger partial charge in [-0.25, -0.2) is 4.98 Å². The second-order valence-corrected chi connectivity index (χ2v) is 7.81. The van der Waals surface area contributed by atoms with Crippen LogP contribution in [0.15, 0.2) is 29.6 Å². The molecule has 1 aromatic carbocycles. The fourth-order valence-electron chi connectivity index (χ4n) is 2.26. The number of nitrogens with one attached hydrogen (secondary N) is 1. The Hall–Kier alpha value is -1.24. The Bertz CT molecular complexity index is 654. The van der Waals surface area contributed by atoms with Gasteiger partial charge < -0.3 is 10.1 Å². The summed E-state index contributed by atoms with van der Waals surface area (Å²) in [5.41, 5.74) is 0.799. The van der Waals surface area contributed by atoms with Crippen molar-refractivity contribution in [1.29, 1.82) is 0 Å². The Balaban J connectivity index is 1.47. The van der Waals surface area contributed by atoms with Crippen molar-refractivity contribution in [2.45, 2.75) is 25.5 Å². The third kappa shape index (κ3) is 5.12. The fourth-order valence-corrected chi connectivity index (χ4v) is 4.25. The van der Waals surface area contributed by atoms with Crippen LogP contribution in [0.3, 0.4) is 0 Å². The number of benzene rings is 1. The van der Waals surface area contributed by atoms with Crippen molar-refractivity contribution in [3.05, 3.63) is 45.4 Å². The van der Waals surface area contributed by atoms with Gasteiger partial charge in [0.25, 0.3) is 0 Å². The van der Waals surface area contributed by atoms with E-state index in [1.807, 2.05) is 29.3 Å². The minimum atomic E-state index is 0.0490. The van der Waals surface area contributed by atoms with Crippen LogP contribution in [0.5, 0.6) is 5.75 Å². The summed E-state index contributed by atoms with van der Waals surface area (Å²) in [4.78, 5) is 16.4. The molecule has 1 aliphatic rings. The van der Waals surface area contributed by atoms with Gasteiger partial charge in [-0.1, -0.05) is 11.6 Å². The van der Waals surface area contributed by atoms with E-state index < -0.39 is 0 Å². The molecule has 0 bridgehead atoms. The van der Waals surface area contributed by atoms with Crippen molar-refractivity contribution in [3.8, 4) is 5.75 Å². The molecule has 3 rings (SSSR count). The van der Waals surface area contributed by atoms with Gasteiger partial charge in [0.1, 0.15) is 17.4 Å². The van der Waals surface area contributed by atoms with Crippen molar-refractivity contribution < 1.29 is 9.53 Å². The molecule has 1 unspecified atom stereocenters. The zero-order valence-electron chi connectivity index (χ0n) is 12.5. The Kier molecular flexibility index (Phi) is 5.80. The molecule has 0 radical (unpaired) electrons. The highest BCUT2D eigenvalue weighted by atomic mass is 35.5. The van der Waals surface area contributed by atoms with E-state index in [2.05, 4.69) is 10.3 Å². The summed E-state index contributed by atoms with van der Waals surface area (Å²) >= 11 is 9.23. The minimum Gasteiger partial charge on any atom is -0.486 e. The largest absolute Gasteiger partial charge is 0.486 e. The van der Waals surface area contributed by atoms with Crippen LogP contribution in [0.2, 0.25) is 5.02 Å². The predicted molar refractivity (Wildman–Crippen MR) is 95.5 cm³/mol. The lowest BCUT2D eigenvalue weighted by Gasteiger charge is -2.10. The summed E-state index contributed by atoms with van der Waals surface area (Å²) < 4.78 is 5.66. The number of halogens is 1. The third-order valence-corrected chi connectivity index (χ3v) is 5.70. The molecule has 1 saturated heterocycles. The average molecular weight is 369 g/mol. The fraction of sp³-hybridized carbons (Fsp3) is 0.375. The Labute approximate surface area is 148 Å². The smallest absolute Gasteiger partial charge is 0.226 e. The molecule has 23 heavy (non-hydrogen) atoms. The van der Waals surface area contributed by atoms with Crippen LogP contribution >= 0.6 is 34.7 Å². The summed E-state index contributed by atoms with van der Waals surface area (Å²) in [6.07, 6.45) is 1.40. The van der Waals surface area contributed by atoms with E-state index in [-0.39, 0.29) is 5.91 Å². The van der Waals surface area contributed by atoms with Crippen molar-refractivity contribution in [2.75, 3.05) is 11.5 Å². The van der Waals surface area contributed by atoms with E-state index >= 15 is 0 Å². The molecule has 4 nitrogen and oxygen atoms in total. The number of rotatable bonds is 6. The Morgan fingerprint density at radius 1 is 1.39 bits per heavy atom. The molecule has 1 aromatic heterocycles. The van der Waals surface area contributed by atoms with Crippen LogP contribution in [0.4, 0.5) is 0 Å². The van der Waals surface area contributed by atoms with E-state index in [9.17, 15) is 4.79 Å². The summed E-state index contributed by atoms with van der Waals surface area (Å²) in [5.74, 6) is 2.95. The first kappa shape index (κ1) is 16.6. The van der Waals surface area contributed by atoms with Crippen LogP contribution in [-0.4, -0.2) is 28.4 Å². The number of thiazole rings is 1. The lowest BCUT2D eigenvalue weighted by atomic mass is 10.2. The van der Waals surface area contributed by atoms with Gasteiger partial charge in [-0.2, -0.15) is 11.8 Å². The molecule has 1 fully saturated rings. The third-order valence-electron chi connectivity index (χ3n) is 3.41. The minimum absolute atomic E-state index is 0.0490. The van der Waals surface area contributed by atoms with Gasteiger partial charge in [0, 0.05) is 22.2 Å². The molecule has 0 aliphatic carbocycles. The van der Waals surface area contributed by atoms with E-state index in [4.69, 9.17) is 16.3 Å². The van der Waals surface area contributed by atoms with Crippen molar-refractivity contribution in [2.24, 2.45) is 0 Å². The monoisotopic (exact) mass is 368 g/mol. The van der Waals surface area contributed by atoms with E-state index in [1.165, 1.54) is 11.3 Å². The maximum Gasteiger partial charge on any atom is 0.226 e. The number of hydrogen-bond acceptors (Lipinski definition) is 5. The standard InChI is InChI=1S/C16H17ClN2O2S2/c17-11-1-3-14(4-2-11)21-8-16-19-13(10-23-16)7-15(20)18-12-5-6-22-9-12/h1-4,10,12H,5-9H2,(H,18,20). The lowest BCUT2D eigenvalue weighted by Crippen LogP contribution is -2.35. The van der Waals surface area contributed by atoms with Gasteiger partial charge in [-0.3, -0.25) is 4.79 Å². The molecular formula is C16H17ClN2O2S2. The molecule has 1 aliphatic heterocycles. The molecule has 122 valence electrons. The second kappa shape index (κ2) is 8.04. The molecular weight excluding hydrogens is 352 g/mol. The van der Waals surface area contributed by atoms with Gasteiger partial charge in [0.15, 0.2) is 0 Å². The van der Waals surface area contributed by atoms with Gasteiger partial charge in [-0.15, -0.1) is 11.3 Å². The first-order valence-corrected chi connectivity index (χ1v) is 9.79. The Morgan fingerprint density at radius 3 is 2.96 bits per heavy atom. The van der Waals surface area contributed by atoms with Crippen molar-refractivity contribution >= 4 is 40.6 Å². The SMILES string of the molecule is O=C(Cc1csc(COc2ccc(Cl)cc2)n1)NC1CCSC1. The zero-order valence-corrected chi connectivity index (χ0v) is 14.8.